The van der Waals surface area contributed by atoms with Crippen LogP contribution in [0.2, 0.25) is 15.1 Å². The number of carbonyl (C=O) groups excluding carboxylic acids is 3. The fourth-order valence-corrected chi connectivity index (χ4v) is 12.4. The van der Waals surface area contributed by atoms with E-state index in [1.54, 1.807) is 33.3 Å². The van der Waals surface area contributed by atoms with Gasteiger partial charge in [0.2, 0.25) is 17.7 Å². The third-order valence-electron chi connectivity index (χ3n) is 14.9. The average molecular weight is 1310 g/mol. The number of anilines is 3. The van der Waals surface area contributed by atoms with Crippen molar-refractivity contribution in [3.8, 4) is 33.8 Å². The predicted octanol–water partition coefficient (Wildman–Crippen LogP) is 7.49. The SMILES string of the molecule is Cc1cnc(-c2cc(N3CCN(C(=O)CCS(C)(=O)=O)CC3)ncc2Cl)c(C)c1.Cc1cnc(-c2cc(N3CCN(C(=O)CCS(C)(=O)=O)CC3)ncc2Cl)c(C)c1.Cc1cnc(-c2cc(N3CCN(C(=O)CCS(C)(=O)=O)CC3)ncc2Cl)c(C)c1. The normalized spacial score (nSPS) is 14.9. The van der Waals surface area contributed by atoms with Crippen LogP contribution in [-0.2, 0) is 43.9 Å². The molecule has 0 aliphatic carbocycles. The summed E-state index contributed by atoms with van der Waals surface area (Å²) in [6, 6.07) is 12.0. The zero-order valence-corrected chi connectivity index (χ0v) is 55.3. The molecule has 0 unspecified atom stereocenters. The van der Waals surface area contributed by atoms with E-state index in [-0.39, 0.29) is 54.2 Å². The number of aromatic nitrogens is 6. The lowest BCUT2D eigenvalue weighted by molar-refractivity contribution is -0.131. The fourth-order valence-electron chi connectivity index (χ4n) is 10.2. The molecule has 0 atom stereocenters. The summed E-state index contributed by atoms with van der Waals surface area (Å²) >= 11 is 19.2. The Labute approximate surface area is 526 Å². The van der Waals surface area contributed by atoms with Crippen LogP contribution < -0.4 is 14.7 Å². The van der Waals surface area contributed by atoms with E-state index in [0.29, 0.717) is 93.6 Å². The molecular formula is C60H75Cl3N12O9S3. The van der Waals surface area contributed by atoms with Crippen LogP contribution in [0.3, 0.4) is 0 Å². The van der Waals surface area contributed by atoms with E-state index in [1.165, 1.54) is 0 Å². The topological polar surface area (TPSA) is 250 Å². The first-order valence-corrected chi connectivity index (χ1v) is 35.6. The van der Waals surface area contributed by atoms with Gasteiger partial charge in [0.25, 0.3) is 0 Å². The molecule has 87 heavy (non-hydrogen) atoms. The van der Waals surface area contributed by atoms with Crippen molar-refractivity contribution < 1.29 is 39.6 Å². The van der Waals surface area contributed by atoms with Crippen molar-refractivity contribution in [2.75, 3.05) is 129 Å². The summed E-state index contributed by atoms with van der Waals surface area (Å²) in [7, 11) is -9.42. The molecule has 3 aliphatic rings. The van der Waals surface area contributed by atoms with Gasteiger partial charge in [0, 0.05) is 170 Å². The summed E-state index contributed by atoms with van der Waals surface area (Å²) in [6.07, 6.45) is 13.9. The molecule has 0 saturated carbocycles. The molecule has 0 N–H and O–H groups in total. The van der Waals surface area contributed by atoms with E-state index in [9.17, 15) is 39.6 Å². The number of hydrogen-bond donors (Lipinski definition) is 0. The summed E-state index contributed by atoms with van der Waals surface area (Å²) in [5, 5.41) is 1.63. The molecule has 27 heteroatoms. The van der Waals surface area contributed by atoms with Crippen molar-refractivity contribution in [3.05, 3.63) is 122 Å². The number of pyridine rings is 6. The van der Waals surface area contributed by atoms with Crippen LogP contribution in [0.4, 0.5) is 17.5 Å². The van der Waals surface area contributed by atoms with Gasteiger partial charge < -0.3 is 29.4 Å². The number of amides is 3. The maximum absolute atomic E-state index is 12.2. The molecular weight excluding hydrogens is 1240 g/mol. The van der Waals surface area contributed by atoms with Crippen molar-refractivity contribution >= 4 is 99.5 Å². The van der Waals surface area contributed by atoms with Crippen LogP contribution in [0.5, 0.6) is 0 Å². The molecule has 0 radical (unpaired) electrons. The van der Waals surface area contributed by atoms with Gasteiger partial charge in [-0.1, -0.05) is 53.0 Å². The van der Waals surface area contributed by atoms with Gasteiger partial charge in [-0.3, -0.25) is 29.3 Å². The molecule has 21 nitrogen and oxygen atoms in total. The van der Waals surface area contributed by atoms with Crippen molar-refractivity contribution in [2.45, 2.75) is 60.8 Å². The van der Waals surface area contributed by atoms with Gasteiger partial charge in [-0.15, -0.1) is 0 Å². The van der Waals surface area contributed by atoms with Crippen LogP contribution in [-0.4, -0.2) is 202 Å². The Hall–Kier alpha value is -6.57. The Morgan fingerprint density at radius 2 is 0.598 bits per heavy atom. The quantitative estimate of drug-likeness (QED) is 0.0965. The van der Waals surface area contributed by atoms with E-state index >= 15 is 0 Å². The van der Waals surface area contributed by atoms with Crippen molar-refractivity contribution in [1.82, 2.24) is 44.6 Å². The van der Waals surface area contributed by atoms with Crippen molar-refractivity contribution in [2.24, 2.45) is 0 Å². The number of nitrogens with zero attached hydrogens (tertiary/aromatic N) is 12. The Bertz CT molecular complexity index is 3450. The molecule has 6 aromatic rings. The second-order valence-corrected chi connectivity index (χ2v) is 30.3. The highest BCUT2D eigenvalue weighted by molar-refractivity contribution is 7.91. The van der Waals surface area contributed by atoms with Gasteiger partial charge in [-0.05, 0) is 93.1 Å². The van der Waals surface area contributed by atoms with Crippen LogP contribution in [0.25, 0.3) is 33.8 Å². The summed E-state index contributed by atoms with van der Waals surface area (Å²) < 4.78 is 67.6. The minimum atomic E-state index is -3.14. The molecule has 468 valence electrons. The van der Waals surface area contributed by atoms with E-state index in [0.717, 1.165) is 103 Å². The maximum atomic E-state index is 12.2. The van der Waals surface area contributed by atoms with Crippen LogP contribution in [0.15, 0.2) is 73.6 Å². The summed E-state index contributed by atoms with van der Waals surface area (Å²) in [4.78, 5) is 75.1. The molecule has 0 bridgehead atoms. The second-order valence-electron chi connectivity index (χ2n) is 22.3. The number of hydrogen-bond acceptors (Lipinski definition) is 18. The minimum absolute atomic E-state index is 0.0283. The Kier molecular flexibility index (Phi) is 23.1. The molecule has 3 amide bonds. The van der Waals surface area contributed by atoms with Gasteiger partial charge in [-0.2, -0.15) is 0 Å². The molecule has 0 spiro atoms. The summed E-state index contributed by atoms with van der Waals surface area (Å²) in [5.41, 5.74) is 11.4. The van der Waals surface area contributed by atoms with E-state index in [4.69, 9.17) is 34.8 Å². The average Bonchev–Trinajstić information content (AvgIpc) is 3.24. The molecule has 9 heterocycles. The third-order valence-corrected chi connectivity index (χ3v) is 18.6. The first-order chi connectivity index (χ1) is 40.9. The van der Waals surface area contributed by atoms with Crippen molar-refractivity contribution in [1.29, 1.82) is 0 Å². The standard InChI is InChI=1S/3C20H25ClN4O3S/c3*1-14-10-15(2)20(23-12-14)16-11-18(22-13-17(16)21)24-5-7-25(8-6-24)19(26)4-9-29(3,27)28/h3*10-13H,4-9H2,1-3H3. The minimum Gasteiger partial charge on any atom is -0.353 e. The maximum Gasteiger partial charge on any atom is 0.223 e. The number of piperazine rings is 3. The predicted molar refractivity (Wildman–Crippen MR) is 345 cm³/mol. The first kappa shape index (κ1) is 67.9. The van der Waals surface area contributed by atoms with E-state index in [1.807, 2.05) is 78.3 Å². The molecule has 3 aliphatic heterocycles. The Morgan fingerprint density at radius 3 is 0.805 bits per heavy atom. The fraction of sp³-hybridized carbons (Fsp3) is 0.450. The Balaban J connectivity index is 0.000000186. The molecule has 6 aromatic heterocycles. The second kappa shape index (κ2) is 29.6. The smallest absolute Gasteiger partial charge is 0.223 e. The number of halogens is 3. The van der Waals surface area contributed by atoms with Crippen LogP contribution in [0, 0.1) is 41.5 Å². The van der Waals surface area contributed by atoms with Gasteiger partial charge in [0.15, 0.2) is 0 Å². The van der Waals surface area contributed by atoms with Gasteiger partial charge >= 0.3 is 0 Å². The van der Waals surface area contributed by atoms with Crippen LogP contribution in [0.1, 0.15) is 52.6 Å². The van der Waals surface area contributed by atoms with E-state index in [2.05, 4.69) is 62.8 Å². The molecule has 0 aromatic carbocycles. The number of sulfone groups is 3. The lowest BCUT2D eigenvalue weighted by Gasteiger charge is -2.35. The monoisotopic (exact) mass is 1310 g/mol. The van der Waals surface area contributed by atoms with E-state index < -0.39 is 29.5 Å². The highest BCUT2D eigenvalue weighted by Crippen LogP contribution is 2.35. The van der Waals surface area contributed by atoms with Gasteiger partial charge in [-0.25, -0.2) is 40.2 Å². The number of aryl methyl sites for hydroxylation is 6. The lowest BCUT2D eigenvalue weighted by atomic mass is 10.1. The summed E-state index contributed by atoms with van der Waals surface area (Å²) in [6.45, 7) is 19.0. The summed E-state index contributed by atoms with van der Waals surface area (Å²) in [5.74, 6) is 1.64. The Morgan fingerprint density at radius 1 is 0.368 bits per heavy atom. The zero-order chi connectivity index (χ0) is 63.5. The lowest BCUT2D eigenvalue weighted by Crippen LogP contribution is -2.49. The third kappa shape index (κ3) is 19.7. The molecule has 3 saturated heterocycles. The largest absolute Gasteiger partial charge is 0.353 e. The molecule has 9 rings (SSSR count). The zero-order valence-electron chi connectivity index (χ0n) is 50.6. The van der Waals surface area contributed by atoms with Gasteiger partial charge in [0.05, 0.1) is 49.4 Å². The van der Waals surface area contributed by atoms with Crippen molar-refractivity contribution in [3.63, 3.8) is 0 Å². The number of rotatable bonds is 15. The highest BCUT2D eigenvalue weighted by Gasteiger charge is 2.27. The first-order valence-electron chi connectivity index (χ1n) is 28.3. The molecule has 3 fully saturated rings. The highest BCUT2D eigenvalue weighted by atomic mass is 35.5. The number of carbonyl (C=O) groups is 3. The van der Waals surface area contributed by atoms with Crippen LogP contribution >= 0.6 is 34.8 Å². The van der Waals surface area contributed by atoms with Gasteiger partial charge in [0.1, 0.15) is 47.0 Å².